The highest BCUT2D eigenvalue weighted by molar-refractivity contribution is 7.99. The molecule has 106 valence electrons. The third-order valence-electron chi connectivity index (χ3n) is 4.79. The Labute approximate surface area is 117 Å². The van der Waals surface area contributed by atoms with Crippen molar-refractivity contribution in [2.24, 2.45) is 17.6 Å². The Morgan fingerprint density at radius 3 is 2.67 bits per heavy atom. The molecule has 1 aliphatic heterocycles. The normalized spacial score (nSPS) is 35.0. The average molecular weight is 270 g/mol. The summed E-state index contributed by atoms with van der Waals surface area (Å²) in [7, 11) is 0. The quantitative estimate of drug-likeness (QED) is 0.851. The SMILES string of the molecule is CC(C)CC1CCCC(CN)(N2CCSCC2)C1. The average Bonchev–Trinajstić information content (AvgIpc) is 2.39. The van der Waals surface area contributed by atoms with E-state index < -0.39 is 0 Å². The number of hydrogen-bond acceptors (Lipinski definition) is 3. The van der Waals surface area contributed by atoms with Crippen LogP contribution in [-0.2, 0) is 0 Å². The summed E-state index contributed by atoms with van der Waals surface area (Å²) in [5.41, 5.74) is 6.56. The van der Waals surface area contributed by atoms with Gasteiger partial charge in [0.25, 0.3) is 0 Å². The molecular weight excluding hydrogens is 240 g/mol. The van der Waals surface area contributed by atoms with Crippen LogP contribution in [0.3, 0.4) is 0 Å². The van der Waals surface area contributed by atoms with Gasteiger partial charge in [0.05, 0.1) is 0 Å². The van der Waals surface area contributed by atoms with Crippen molar-refractivity contribution >= 4 is 11.8 Å². The molecule has 0 amide bonds. The van der Waals surface area contributed by atoms with Gasteiger partial charge in [-0.05, 0) is 31.1 Å². The molecule has 2 fully saturated rings. The van der Waals surface area contributed by atoms with E-state index in [-0.39, 0.29) is 0 Å². The highest BCUT2D eigenvalue weighted by Crippen LogP contribution is 2.39. The van der Waals surface area contributed by atoms with E-state index >= 15 is 0 Å². The Morgan fingerprint density at radius 1 is 1.33 bits per heavy atom. The summed E-state index contributed by atoms with van der Waals surface area (Å²) >= 11 is 2.10. The molecule has 2 rings (SSSR count). The molecule has 1 saturated carbocycles. The molecule has 0 bridgehead atoms. The summed E-state index contributed by atoms with van der Waals surface area (Å²) in [5.74, 6) is 4.35. The van der Waals surface area contributed by atoms with Crippen molar-refractivity contribution in [3.8, 4) is 0 Å². The molecule has 2 nitrogen and oxygen atoms in total. The van der Waals surface area contributed by atoms with E-state index in [1.165, 1.54) is 56.7 Å². The third-order valence-corrected chi connectivity index (χ3v) is 5.73. The van der Waals surface area contributed by atoms with Gasteiger partial charge in [-0.2, -0.15) is 11.8 Å². The van der Waals surface area contributed by atoms with Gasteiger partial charge >= 0.3 is 0 Å². The van der Waals surface area contributed by atoms with Crippen molar-refractivity contribution in [2.75, 3.05) is 31.1 Å². The standard InChI is InChI=1S/C15H30N2S/c1-13(2)10-14-4-3-5-15(11-14,12-16)17-6-8-18-9-7-17/h13-14H,3-12,16H2,1-2H3. The minimum Gasteiger partial charge on any atom is -0.329 e. The second-order valence-electron chi connectivity index (χ2n) is 6.62. The van der Waals surface area contributed by atoms with Crippen LogP contribution in [0.2, 0.25) is 0 Å². The van der Waals surface area contributed by atoms with Gasteiger partial charge in [-0.3, -0.25) is 4.90 Å². The van der Waals surface area contributed by atoms with Crippen LogP contribution in [0.4, 0.5) is 0 Å². The van der Waals surface area contributed by atoms with E-state index in [2.05, 4.69) is 30.5 Å². The molecule has 3 heteroatoms. The molecule has 2 aliphatic rings. The van der Waals surface area contributed by atoms with Crippen molar-refractivity contribution in [2.45, 2.75) is 51.5 Å². The van der Waals surface area contributed by atoms with Crippen LogP contribution in [-0.4, -0.2) is 41.6 Å². The van der Waals surface area contributed by atoms with E-state index in [0.717, 1.165) is 18.4 Å². The Morgan fingerprint density at radius 2 is 2.06 bits per heavy atom. The number of rotatable bonds is 4. The van der Waals surface area contributed by atoms with Crippen LogP contribution in [0.1, 0.15) is 46.0 Å². The van der Waals surface area contributed by atoms with Crippen LogP contribution in [0, 0.1) is 11.8 Å². The smallest absolute Gasteiger partial charge is 0.0335 e. The van der Waals surface area contributed by atoms with Crippen molar-refractivity contribution in [1.29, 1.82) is 0 Å². The van der Waals surface area contributed by atoms with Gasteiger partial charge in [-0.25, -0.2) is 0 Å². The van der Waals surface area contributed by atoms with Crippen molar-refractivity contribution in [3.05, 3.63) is 0 Å². The Kier molecular flexibility index (Phi) is 5.40. The molecule has 1 heterocycles. The van der Waals surface area contributed by atoms with Gasteiger partial charge in [0.1, 0.15) is 0 Å². The molecule has 2 atom stereocenters. The Hall–Kier alpha value is 0.270. The molecular formula is C15H30N2S. The zero-order chi connectivity index (χ0) is 13.0. The Bertz CT molecular complexity index is 251. The maximum absolute atomic E-state index is 6.21. The first-order valence-corrected chi connectivity index (χ1v) is 8.84. The monoisotopic (exact) mass is 270 g/mol. The maximum atomic E-state index is 6.21. The lowest BCUT2D eigenvalue weighted by Crippen LogP contribution is -2.58. The molecule has 1 saturated heterocycles. The van der Waals surface area contributed by atoms with Crippen LogP contribution in [0.15, 0.2) is 0 Å². The number of nitrogens with zero attached hydrogens (tertiary/aromatic N) is 1. The van der Waals surface area contributed by atoms with Gasteiger partial charge in [-0.1, -0.05) is 26.7 Å². The van der Waals surface area contributed by atoms with Gasteiger partial charge in [0.15, 0.2) is 0 Å². The van der Waals surface area contributed by atoms with E-state index in [0.29, 0.717) is 5.54 Å². The summed E-state index contributed by atoms with van der Waals surface area (Å²) in [5, 5.41) is 0. The molecule has 18 heavy (non-hydrogen) atoms. The van der Waals surface area contributed by atoms with Crippen molar-refractivity contribution in [3.63, 3.8) is 0 Å². The van der Waals surface area contributed by atoms with Gasteiger partial charge in [0.2, 0.25) is 0 Å². The highest BCUT2D eigenvalue weighted by atomic mass is 32.2. The van der Waals surface area contributed by atoms with Gasteiger partial charge in [0, 0.05) is 36.7 Å². The first-order chi connectivity index (χ1) is 8.66. The fraction of sp³-hybridized carbons (Fsp3) is 1.00. The topological polar surface area (TPSA) is 29.3 Å². The molecule has 0 aromatic heterocycles. The van der Waals surface area contributed by atoms with Crippen LogP contribution >= 0.6 is 11.8 Å². The first-order valence-electron chi connectivity index (χ1n) is 7.69. The third kappa shape index (κ3) is 3.43. The predicted octanol–water partition coefficient (Wildman–Crippen LogP) is 2.97. The predicted molar refractivity (Wildman–Crippen MR) is 82.1 cm³/mol. The maximum Gasteiger partial charge on any atom is 0.0335 e. The zero-order valence-corrected chi connectivity index (χ0v) is 13.0. The van der Waals surface area contributed by atoms with E-state index in [1.807, 2.05) is 0 Å². The molecule has 2 unspecified atom stereocenters. The van der Waals surface area contributed by atoms with Crippen LogP contribution in [0.5, 0.6) is 0 Å². The molecule has 0 aromatic carbocycles. The molecule has 0 radical (unpaired) electrons. The molecule has 2 N–H and O–H groups in total. The van der Waals surface area contributed by atoms with Gasteiger partial charge < -0.3 is 5.73 Å². The number of hydrogen-bond donors (Lipinski definition) is 1. The molecule has 0 aromatic rings. The van der Waals surface area contributed by atoms with Gasteiger partial charge in [-0.15, -0.1) is 0 Å². The fourth-order valence-corrected chi connectivity index (χ4v) is 4.87. The highest BCUT2D eigenvalue weighted by Gasteiger charge is 2.40. The zero-order valence-electron chi connectivity index (χ0n) is 12.2. The fourth-order valence-electron chi connectivity index (χ4n) is 3.97. The summed E-state index contributed by atoms with van der Waals surface area (Å²) in [4.78, 5) is 2.73. The summed E-state index contributed by atoms with van der Waals surface area (Å²) in [6, 6.07) is 0. The van der Waals surface area contributed by atoms with Crippen LogP contribution in [0.25, 0.3) is 0 Å². The summed E-state index contributed by atoms with van der Waals surface area (Å²) < 4.78 is 0. The van der Waals surface area contributed by atoms with E-state index in [1.54, 1.807) is 0 Å². The lowest BCUT2D eigenvalue weighted by Gasteiger charge is -2.50. The summed E-state index contributed by atoms with van der Waals surface area (Å²) in [6.45, 7) is 8.10. The molecule has 1 aliphatic carbocycles. The van der Waals surface area contributed by atoms with E-state index in [9.17, 15) is 0 Å². The number of thioether (sulfide) groups is 1. The lowest BCUT2D eigenvalue weighted by molar-refractivity contribution is 0.0390. The minimum absolute atomic E-state index is 0.346. The number of nitrogens with two attached hydrogens (primary N) is 1. The first kappa shape index (κ1) is 14.7. The minimum atomic E-state index is 0.346. The second-order valence-corrected chi connectivity index (χ2v) is 7.84. The second kappa shape index (κ2) is 6.62. The van der Waals surface area contributed by atoms with Crippen molar-refractivity contribution < 1.29 is 0 Å². The molecule has 0 spiro atoms. The Balaban J connectivity index is 2.00. The lowest BCUT2D eigenvalue weighted by atomic mass is 9.72. The van der Waals surface area contributed by atoms with Crippen LogP contribution < -0.4 is 5.73 Å². The van der Waals surface area contributed by atoms with E-state index in [4.69, 9.17) is 5.73 Å². The summed E-state index contributed by atoms with van der Waals surface area (Å²) in [6.07, 6.45) is 6.90. The largest absolute Gasteiger partial charge is 0.329 e. The van der Waals surface area contributed by atoms with Crippen molar-refractivity contribution in [1.82, 2.24) is 4.90 Å².